The second-order valence-electron chi connectivity index (χ2n) is 5.54. The van der Waals surface area contributed by atoms with Crippen molar-refractivity contribution in [1.82, 2.24) is 10.6 Å². The van der Waals surface area contributed by atoms with Gasteiger partial charge in [0.15, 0.2) is 0 Å². The molecule has 2 aromatic carbocycles. The van der Waals surface area contributed by atoms with Gasteiger partial charge < -0.3 is 16.4 Å². The Labute approximate surface area is 154 Å². The minimum absolute atomic E-state index is 0. The smallest absolute Gasteiger partial charge is 0.251 e. The molecule has 0 atom stereocenters. The van der Waals surface area contributed by atoms with Crippen LogP contribution in [-0.4, -0.2) is 18.4 Å². The highest BCUT2D eigenvalue weighted by Crippen LogP contribution is 2.07. The van der Waals surface area contributed by atoms with Gasteiger partial charge in [0, 0.05) is 30.8 Å². The van der Waals surface area contributed by atoms with Crippen molar-refractivity contribution in [2.75, 3.05) is 6.54 Å². The average Bonchev–Trinajstić information content (AvgIpc) is 2.64. The van der Waals surface area contributed by atoms with E-state index in [-0.39, 0.29) is 24.2 Å². The summed E-state index contributed by atoms with van der Waals surface area (Å²) in [5.74, 6) is -0.248. The normalized spacial score (nSPS) is 9.84. The van der Waals surface area contributed by atoms with Crippen molar-refractivity contribution in [3.8, 4) is 0 Å². The van der Waals surface area contributed by atoms with Gasteiger partial charge in [-0.15, -0.1) is 12.4 Å². The number of hydrogen-bond donors (Lipinski definition) is 3. The van der Waals surface area contributed by atoms with Gasteiger partial charge in [-0.25, -0.2) is 0 Å². The summed E-state index contributed by atoms with van der Waals surface area (Å²) in [5, 5.41) is 5.70. The highest BCUT2D eigenvalue weighted by Gasteiger charge is 2.08. The minimum Gasteiger partial charge on any atom is -0.352 e. The largest absolute Gasteiger partial charge is 0.352 e. The van der Waals surface area contributed by atoms with Crippen LogP contribution in [0.25, 0.3) is 0 Å². The molecule has 4 N–H and O–H groups in total. The Morgan fingerprint density at radius 1 is 0.920 bits per heavy atom. The Balaban J connectivity index is 0.00000312. The maximum Gasteiger partial charge on any atom is 0.251 e. The quantitative estimate of drug-likeness (QED) is 0.708. The first-order valence-corrected chi connectivity index (χ1v) is 8.08. The number of rotatable bonds is 7. The van der Waals surface area contributed by atoms with E-state index in [0.29, 0.717) is 30.8 Å². The van der Waals surface area contributed by atoms with Gasteiger partial charge in [-0.1, -0.05) is 31.2 Å². The topological polar surface area (TPSA) is 84.2 Å². The van der Waals surface area contributed by atoms with E-state index in [0.717, 1.165) is 17.5 Å². The van der Waals surface area contributed by atoms with Gasteiger partial charge >= 0.3 is 0 Å². The van der Waals surface area contributed by atoms with Gasteiger partial charge in [-0.05, 0) is 41.8 Å². The van der Waals surface area contributed by atoms with E-state index in [4.69, 9.17) is 5.73 Å². The SMILES string of the molecule is CCCNC(=O)c1cccc(CNC(=O)c2ccc(CN)cc2)c1.Cl. The predicted octanol–water partition coefficient (Wildman–Crippen LogP) is 2.64. The fourth-order valence-electron chi connectivity index (χ4n) is 2.24. The molecule has 0 aliphatic rings. The molecule has 0 unspecified atom stereocenters. The van der Waals surface area contributed by atoms with Crippen LogP contribution in [0.15, 0.2) is 48.5 Å². The molecule has 2 amide bonds. The zero-order chi connectivity index (χ0) is 17.4. The molecule has 5 nitrogen and oxygen atoms in total. The lowest BCUT2D eigenvalue weighted by Gasteiger charge is -2.08. The van der Waals surface area contributed by atoms with Crippen molar-refractivity contribution in [2.24, 2.45) is 5.73 Å². The van der Waals surface area contributed by atoms with Crippen molar-refractivity contribution in [3.05, 3.63) is 70.8 Å². The summed E-state index contributed by atoms with van der Waals surface area (Å²) in [5.41, 5.74) is 8.60. The van der Waals surface area contributed by atoms with Gasteiger partial charge in [-0.3, -0.25) is 9.59 Å². The van der Waals surface area contributed by atoms with E-state index in [1.807, 2.05) is 31.2 Å². The molecule has 2 rings (SSSR count). The molecule has 0 radical (unpaired) electrons. The average molecular weight is 362 g/mol. The standard InChI is InChI=1S/C19H23N3O2.ClH/c1-2-10-21-19(24)17-5-3-4-15(11-17)13-22-18(23)16-8-6-14(12-20)7-9-16;/h3-9,11H,2,10,12-13,20H2,1H3,(H,21,24)(H,22,23);1H. The van der Waals surface area contributed by atoms with Gasteiger partial charge in [0.1, 0.15) is 0 Å². The van der Waals surface area contributed by atoms with Gasteiger partial charge in [0.05, 0.1) is 0 Å². The van der Waals surface area contributed by atoms with Crippen LogP contribution in [0.3, 0.4) is 0 Å². The maximum absolute atomic E-state index is 12.2. The van der Waals surface area contributed by atoms with Crippen LogP contribution in [-0.2, 0) is 13.1 Å². The molecule has 6 heteroatoms. The molecule has 25 heavy (non-hydrogen) atoms. The van der Waals surface area contributed by atoms with E-state index < -0.39 is 0 Å². The van der Waals surface area contributed by atoms with Crippen molar-refractivity contribution in [1.29, 1.82) is 0 Å². The third kappa shape index (κ3) is 6.21. The lowest BCUT2D eigenvalue weighted by atomic mass is 10.1. The van der Waals surface area contributed by atoms with Crippen molar-refractivity contribution in [2.45, 2.75) is 26.4 Å². The monoisotopic (exact) mass is 361 g/mol. The lowest BCUT2D eigenvalue weighted by molar-refractivity contribution is 0.0946. The number of nitrogens with one attached hydrogen (secondary N) is 2. The second kappa shape index (κ2) is 10.5. The van der Waals surface area contributed by atoms with E-state index in [1.54, 1.807) is 24.3 Å². The first kappa shape index (κ1) is 20.7. The Morgan fingerprint density at radius 3 is 2.24 bits per heavy atom. The highest BCUT2D eigenvalue weighted by atomic mass is 35.5. The van der Waals surface area contributed by atoms with Crippen LogP contribution in [0, 0.1) is 0 Å². The zero-order valence-corrected chi connectivity index (χ0v) is 15.1. The van der Waals surface area contributed by atoms with Crippen LogP contribution < -0.4 is 16.4 Å². The predicted molar refractivity (Wildman–Crippen MR) is 102 cm³/mol. The van der Waals surface area contributed by atoms with Gasteiger partial charge in [0.25, 0.3) is 11.8 Å². The fraction of sp³-hybridized carbons (Fsp3) is 0.263. The minimum atomic E-state index is -0.153. The van der Waals surface area contributed by atoms with Gasteiger partial charge in [-0.2, -0.15) is 0 Å². The number of benzene rings is 2. The van der Waals surface area contributed by atoms with Crippen LogP contribution in [0.4, 0.5) is 0 Å². The fourth-order valence-corrected chi connectivity index (χ4v) is 2.24. The molecule has 0 fully saturated rings. The number of nitrogens with two attached hydrogens (primary N) is 1. The van der Waals surface area contributed by atoms with E-state index in [9.17, 15) is 9.59 Å². The highest BCUT2D eigenvalue weighted by molar-refractivity contribution is 5.95. The summed E-state index contributed by atoms with van der Waals surface area (Å²) >= 11 is 0. The lowest BCUT2D eigenvalue weighted by Crippen LogP contribution is -2.25. The molecule has 0 aromatic heterocycles. The second-order valence-corrected chi connectivity index (χ2v) is 5.54. The molecular weight excluding hydrogens is 338 g/mol. The summed E-state index contributed by atoms with van der Waals surface area (Å²) in [7, 11) is 0. The third-order valence-electron chi connectivity index (χ3n) is 3.63. The van der Waals surface area contributed by atoms with Crippen molar-refractivity contribution in [3.63, 3.8) is 0 Å². The third-order valence-corrected chi connectivity index (χ3v) is 3.63. The Kier molecular flexibility index (Phi) is 8.67. The summed E-state index contributed by atoms with van der Waals surface area (Å²) in [4.78, 5) is 24.1. The van der Waals surface area contributed by atoms with Gasteiger partial charge in [0.2, 0.25) is 0 Å². The number of halogens is 1. The van der Waals surface area contributed by atoms with E-state index in [2.05, 4.69) is 10.6 Å². The van der Waals surface area contributed by atoms with Crippen molar-refractivity contribution >= 4 is 24.2 Å². The number of hydrogen-bond acceptors (Lipinski definition) is 3. The van der Waals surface area contributed by atoms with Crippen LogP contribution >= 0.6 is 12.4 Å². The Hall–Kier alpha value is -2.37. The first-order chi connectivity index (χ1) is 11.6. The summed E-state index contributed by atoms with van der Waals surface area (Å²) < 4.78 is 0. The molecule has 0 heterocycles. The summed E-state index contributed by atoms with van der Waals surface area (Å²) in [6, 6.07) is 14.5. The van der Waals surface area contributed by atoms with Crippen LogP contribution in [0.1, 0.15) is 45.2 Å². The first-order valence-electron chi connectivity index (χ1n) is 8.08. The molecule has 0 aliphatic heterocycles. The van der Waals surface area contributed by atoms with Crippen LogP contribution in [0.2, 0.25) is 0 Å². The molecule has 2 aromatic rings. The summed E-state index contributed by atoms with van der Waals surface area (Å²) in [6.45, 7) is 3.48. The molecule has 0 aliphatic carbocycles. The Morgan fingerprint density at radius 2 is 1.60 bits per heavy atom. The van der Waals surface area contributed by atoms with E-state index in [1.165, 1.54) is 0 Å². The molecule has 134 valence electrons. The number of carbonyl (C=O) groups is 2. The number of amides is 2. The molecule has 0 bridgehead atoms. The maximum atomic E-state index is 12.2. The number of carbonyl (C=O) groups excluding carboxylic acids is 2. The van der Waals surface area contributed by atoms with E-state index >= 15 is 0 Å². The Bertz CT molecular complexity index is 702. The molecule has 0 saturated carbocycles. The summed E-state index contributed by atoms with van der Waals surface area (Å²) in [6.07, 6.45) is 0.893. The molecule has 0 spiro atoms. The van der Waals surface area contributed by atoms with Crippen LogP contribution in [0.5, 0.6) is 0 Å². The molecular formula is C19H24ClN3O2. The molecule has 0 saturated heterocycles. The zero-order valence-electron chi connectivity index (χ0n) is 14.2. The van der Waals surface area contributed by atoms with Crippen molar-refractivity contribution < 1.29 is 9.59 Å².